The second-order valence-corrected chi connectivity index (χ2v) is 14.0. The number of hydrogen-bond donors (Lipinski definition) is 0. The summed E-state index contributed by atoms with van der Waals surface area (Å²) in [6.45, 7) is 6.43. The first-order valence-corrected chi connectivity index (χ1v) is 18.1. The lowest BCUT2D eigenvalue weighted by Gasteiger charge is -2.29. The van der Waals surface area contributed by atoms with Gasteiger partial charge in [-0.15, -0.1) is 0 Å². The van der Waals surface area contributed by atoms with Crippen LogP contribution in [-0.4, -0.2) is 15.0 Å². The van der Waals surface area contributed by atoms with Crippen LogP contribution in [0.5, 0.6) is 0 Å². The first kappa shape index (κ1) is 32.3. The van der Waals surface area contributed by atoms with Crippen LogP contribution in [0.1, 0.15) is 36.7 Å². The van der Waals surface area contributed by atoms with Crippen LogP contribution in [0.2, 0.25) is 0 Å². The van der Waals surface area contributed by atoms with Crippen molar-refractivity contribution in [2.75, 3.05) is 0 Å². The zero-order valence-electron chi connectivity index (χ0n) is 29.5. The molecule has 2 aliphatic rings. The van der Waals surface area contributed by atoms with Crippen molar-refractivity contribution in [1.82, 2.24) is 15.0 Å². The fourth-order valence-corrected chi connectivity index (χ4v) is 7.29. The Kier molecular flexibility index (Phi) is 8.21. The number of rotatable bonds is 5. The molecule has 0 N–H and O–H groups in total. The first-order chi connectivity index (χ1) is 26.0. The molecular weight excluding hydrogens is 647 g/mol. The lowest BCUT2D eigenvalue weighted by molar-refractivity contribution is 0.602. The van der Waals surface area contributed by atoms with Gasteiger partial charge in [0.05, 0.1) is 0 Å². The third-order valence-electron chi connectivity index (χ3n) is 10.3. The molecule has 2 aromatic heterocycles. The van der Waals surface area contributed by atoms with Crippen molar-refractivity contribution in [3.05, 3.63) is 199 Å². The third kappa shape index (κ3) is 6.30. The van der Waals surface area contributed by atoms with Crippen LogP contribution < -0.4 is 0 Å². The van der Waals surface area contributed by atoms with E-state index in [2.05, 4.69) is 129 Å². The lowest BCUT2D eigenvalue weighted by atomic mass is 9.75. The number of para-hydroxylation sites is 1. The topological polar surface area (TPSA) is 51.8 Å². The second-order valence-electron chi connectivity index (χ2n) is 14.0. The molecule has 254 valence electrons. The van der Waals surface area contributed by atoms with Crippen molar-refractivity contribution in [2.24, 2.45) is 0 Å². The van der Waals surface area contributed by atoms with E-state index in [1.54, 1.807) is 0 Å². The van der Waals surface area contributed by atoms with Gasteiger partial charge >= 0.3 is 0 Å². The maximum absolute atomic E-state index is 6.53. The number of hydrogen-bond acceptors (Lipinski definition) is 4. The van der Waals surface area contributed by atoms with Gasteiger partial charge in [-0.1, -0.05) is 165 Å². The number of aromatic nitrogens is 3. The van der Waals surface area contributed by atoms with E-state index in [0.717, 1.165) is 68.2 Å². The Morgan fingerprint density at radius 2 is 1.43 bits per heavy atom. The molecule has 9 rings (SSSR count). The number of allylic oxidation sites excluding steroid dienone is 13. The fraction of sp³-hybridized carbons (Fsp3) is 0.0816. The van der Waals surface area contributed by atoms with Crippen molar-refractivity contribution in [3.63, 3.8) is 0 Å². The van der Waals surface area contributed by atoms with Crippen LogP contribution >= 0.6 is 0 Å². The summed E-state index contributed by atoms with van der Waals surface area (Å²) < 4.78 is 6.53. The molecule has 0 saturated heterocycles. The van der Waals surface area contributed by atoms with Gasteiger partial charge in [-0.25, -0.2) is 15.0 Å². The molecule has 5 aromatic carbocycles. The van der Waals surface area contributed by atoms with Gasteiger partial charge in [0.15, 0.2) is 17.5 Å². The van der Waals surface area contributed by atoms with Crippen LogP contribution in [0.15, 0.2) is 187 Å². The summed E-state index contributed by atoms with van der Waals surface area (Å²) in [5.74, 6) is 1.88. The maximum Gasteiger partial charge on any atom is 0.164 e. The maximum atomic E-state index is 6.53. The smallest absolute Gasteiger partial charge is 0.164 e. The molecule has 1 unspecified atom stereocenters. The zero-order valence-corrected chi connectivity index (χ0v) is 29.5. The highest BCUT2D eigenvalue weighted by molar-refractivity contribution is 6.12. The largest absolute Gasteiger partial charge is 0.456 e. The van der Waals surface area contributed by atoms with Crippen molar-refractivity contribution in [1.29, 1.82) is 0 Å². The van der Waals surface area contributed by atoms with Crippen LogP contribution in [0.4, 0.5) is 0 Å². The van der Waals surface area contributed by atoms with Gasteiger partial charge in [0.1, 0.15) is 11.2 Å². The normalized spacial score (nSPS) is 19.6. The van der Waals surface area contributed by atoms with Crippen LogP contribution in [0, 0.1) is 0 Å². The van der Waals surface area contributed by atoms with E-state index in [1.807, 2.05) is 54.6 Å². The van der Waals surface area contributed by atoms with Crippen LogP contribution in [0.3, 0.4) is 0 Å². The molecule has 0 radical (unpaired) electrons. The SMILES string of the molecule is C=C1C=C/C=C(/c2cc(-c3nc(C4=CCC(C)(c5ccc6ccccc6c5)C=C4)nc(-c4ccccc4)n3)c3c(c2)oc2ccccc23)C/C=C\C=C/1. The van der Waals surface area contributed by atoms with Crippen molar-refractivity contribution in [3.8, 4) is 22.8 Å². The monoisotopic (exact) mass is 683 g/mol. The summed E-state index contributed by atoms with van der Waals surface area (Å²) in [4.78, 5) is 15.5. The van der Waals surface area contributed by atoms with Gasteiger partial charge in [-0.05, 0) is 64.1 Å². The molecule has 0 fully saturated rings. The summed E-state index contributed by atoms with van der Waals surface area (Å²) in [6.07, 6.45) is 22.8. The van der Waals surface area contributed by atoms with Crippen LogP contribution in [0.25, 0.3) is 66.6 Å². The Labute approximate surface area is 309 Å². The van der Waals surface area contributed by atoms with Gasteiger partial charge in [0.2, 0.25) is 0 Å². The molecule has 1 atom stereocenters. The van der Waals surface area contributed by atoms with E-state index in [1.165, 1.54) is 16.3 Å². The average molecular weight is 684 g/mol. The molecule has 2 heterocycles. The Hall–Kier alpha value is -6.65. The Morgan fingerprint density at radius 1 is 0.660 bits per heavy atom. The lowest BCUT2D eigenvalue weighted by Crippen LogP contribution is -2.20. The number of benzene rings is 5. The van der Waals surface area contributed by atoms with E-state index in [4.69, 9.17) is 19.4 Å². The highest BCUT2D eigenvalue weighted by Crippen LogP contribution is 2.41. The summed E-state index contributed by atoms with van der Waals surface area (Å²) in [7, 11) is 0. The summed E-state index contributed by atoms with van der Waals surface area (Å²) in [5, 5.41) is 4.51. The molecule has 0 bridgehead atoms. The first-order valence-electron chi connectivity index (χ1n) is 18.1. The van der Waals surface area contributed by atoms with Gasteiger partial charge in [0.25, 0.3) is 0 Å². The second kappa shape index (κ2) is 13.5. The molecule has 0 aliphatic heterocycles. The number of nitrogens with zero attached hydrogens (tertiary/aromatic N) is 3. The molecule has 0 spiro atoms. The molecular formula is C49H37N3O. The Bertz CT molecular complexity index is 2760. The average Bonchev–Trinajstić information content (AvgIpc) is 3.59. The highest BCUT2D eigenvalue weighted by atomic mass is 16.3. The Morgan fingerprint density at radius 3 is 2.30 bits per heavy atom. The zero-order chi connectivity index (χ0) is 35.8. The van der Waals surface area contributed by atoms with Gasteiger partial charge in [-0.3, -0.25) is 0 Å². The minimum absolute atomic E-state index is 0.157. The molecule has 0 saturated carbocycles. The minimum Gasteiger partial charge on any atom is -0.456 e. The predicted molar refractivity (Wildman–Crippen MR) is 220 cm³/mol. The summed E-state index contributed by atoms with van der Waals surface area (Å²) in [5.41, 5.74) is 8.69. The molecule has 4 heteroatoms. The van der Waals surface area contributed by atoms with Crippen molar-refractivity contribution >= 4 is 43.9 Å². The third-order valence-corrected chi connectivity index (χ3v) is 10.3. The van der Waals surface area contributed by atoms with Gasteiger partial charge < -0.3 is 4.42 Å². The van der Waals surface area contributed by atoms with Crippen LogP contribution in [-0.2, 0) is 5.41 Å². The van der Waals surface area contributed by atoms with E-state index >= 15 is 0 Å². The molecule has 0 amide bonds. The van der Waals surface area contributed by atoms with Gasteiger partial charge in [-0.2, -0.15) is 0 Å². The molecule has 53 heavy (non-hydrogen) atoms. The quantitative estimate of drug-likeness (QED) is 0.181. The molecule has 2 aliphatic carbocycles. The standard InChI is InChI=1S/C49H37N3O/c1-33-14-5-3-6-16-34(21-13-15-33)39-31-42(45-41-22-11-12-23-43(41)53-44(45)32-39)48-51-46(36-18-7-4-8-19-36)50-47(52-48)37-26-28-49(2,29-27-37)40-25-24-35-17-9-10-20-38(35)30-40/h3-15,17-28,30-32H,1,16,29H2,2H3/b6-3-,14-5-,15-13?,34-21+. The molecule has 4 nitrogen and oxygen atoms in total. The Balaban J connectivity index is 1.20. The van der Waals surface area contributed by atoms with E-state index in [9.17, 15) is 0 Å². The van der Waals surface area contributed by atoms with Crippen molar-refractivity contribution < 1.29 is 4.42 Å². The summed E-state index contributed by atoms with van der Waals surface area (Å²) >= 11 is 0. The van der Waals surface area contributed by atoms with E-state index in [-0.39, 0.29) is 5.41 Å². The van der Waals surface area contributed by atoms with E-state index in [0.29, 0.717) is 17.5 Å². The number of fused-ring (bicyclic) bond motifs is 4. The van der Waals surface area contributed by atoms with E-state index < -0.39 is 0 Å². The minimum atomic E-state index is -0.157. The molecule has 7 aromatic rings. The highest BCUT2D eigenvalue weighted by Gasteiger charge is 2.27. The summed E-state index contributed by atoms with van der Waals surface area (Å²) in [6, 6.07) is 38.0. The fourth-order valence-electron chi connectivity index (χ4n) is 7.29. The van der Waals surface area contributed by atoms with Gasteiger partial charge in [0, 0.05) is 32.9 Å². The number of furan rings is 1. The van der Waals surface area contributed by atoms with Crippen molar-refractivity contribution in [2.45, 2.75) is 25.2 Å². The predicted octanol–water partition coefficient (Wildman–Crippen LogP) is 12.6.